The fourth-order valence-electron chi connectivity index (χ4n) is 2.06. The van der Waals surface area contributed by atoms with Gasteiger partial charge in [0.15, 0.2) is 0 Å². The number of rotatable bonds is 3. The third-order valence-electron chi connectivity index (χ3n) is 3.06. The molecule has 1 N–H and O–H groups in total. The molecule has 0 aliphatic heterocycles. The number of ether oxygens (including phenoxy) is 1. The highest BCUT2D eigenvalue weighted by atomic mass is 79.9. The van der Waals surface area contributed by atoms with E-state index in [9.17, 15) is 4.79 Å². The van der Waals surface area contributed by atoms with Gasteiger partial charge in [0.05, 0.1) is 18.2 Å². The van der Waals surface area contributed by atoms with Gasteiger partial charge in [-0.2, -0.15) is 0 Å². The Morgan fingerprint density at radius 1 is 1.29 bits per heavy atom. The summed E-state index contributed by atoms with van der Waals surface area (Å²) in [4.78, 5) is 11.1. The van der Waals surface area contributed by atoms with Crippen molar-refractivity contribution in [1.29, 1.82) is 0 Å². The number of hydrogen-bond donors (Lipinski definition) is 1. The molecule has 2 aromatic carbocycles. The number of nitrogens with zero attached hydrogens (tertiary/aromatic N) is 3. The number of methoxy groups -OCH3 is 1. The van der Waals surface area contributed by atoms with Crippen LogP contribution in [0.2, 0.25) is 0 Å². The van der Waals surface area contributed by atoms with Gasteiger partial charge >= 0.3 is 5.97 Å². The lowest BCUT2D eigenvalue weighted by Gasteiger charge is -2.09. The molecule has 0 fully saturated rings. The number of carboxylic acid groups (broad SMARTS) is 1. The molecular weight excluding hydrogens is 338 g/mol. The molecule has 0 saturated carbocycles. The maximum Gasteiger partial charge on any atom is 0.335 e. The summed E-state index contributed by atoms with van der Waals surface area (Å²) in [5.41, 5.74) is 2.07. The van der Waals surface area contributed by atoms with E-state index >= 15 is 0 Å². The van der Waals surface area contributed by atoms with E-state index in [0.29, 0.717) is 22.5 Å². The van der Waals surface area contributed by atoms with E-state index in [2.05, 4.69) is 26.2 Å². The second-order valence-corrected chi connectivity index (χ2v) is 5.24. The quantitative estimate of drug-likeness (QED) is 0.788. The lowest BCUT2D eigenvalue weighted by molar-refractivity contribution is 0.0697. The molecule has 0 atom stereocenters. The standard InChI is InChI=1S/C14H10BrN3O3/c1-21-13-5-3-9(15)7-12(13)18-11-6-8(14(19)20)2-4-10(11)16-17-18/h2-7H,1H3,(H,19,20). The summed E-state index contributed by atoms with van der Waals surface area (Å²) in [6, 6.07) is 10.2. The predicted molar refractivity (Wildman–Crippen MR) is 80.1 cm³/mol. The van der Waals surface area contributed by atoms with Crippen LogP contribution in [0.25, 0.3) is 16.7 Å². The third-order valence-corrected chi connectivity index (χ3v) is 3.55. The zero-order chi connectivity index (χ0) is 15.0. The molecule has 0 unspecified atom stereocenters. The molecule has 21 heavy (non-hydrogen) atoms. The first kappa shape index (κ1) is 13.6. The lowest BCUT2D eigenvalue weighted by atomic mass is 10.2. The number of benzene rings is 2. The van der Waals surface area contributed by atoms with Crippen LogP contribution >= 0.6 is 15.9 Å². The maximum atomic E-state index is 11.1. The third kappa shape index (κ3) is 2.36. The summed E-state index contributed by atoms with van der Waals surface area (Å²) in [7, 11) is 1.56. The van der Waals surface area contributed by atoms with Crippen LogP contribution in [0.1, 0.15) is 10.4 Å². The van der Waals surface area contributed by atoms with Crippen LogP contribution in [0.3, 0.4) is 0 Å². The van der Waals surface area contributed by atoms with E-state index in [4.69, 9.17) is 9.84 Å². The number of carboxylic acids is 1. The van der Waals surface area contributed by atoms with E-state index in [1.807, 2.05) is 12.1 Å². The second-order valence-electron chi connectivity index (χ2n) is 4.33. The number of hydrogen-bond acceptors (Lipinski definition) is 4. The maximum absolute atomic E-state index is 11.1. The van der Waals surface area contributed by atoms with Crippen molar-refractivity contribution >= 4 is 32.9 Å². The molecule has 3 aromatic rings. The Labute approximate surface area is 128 Å². The van der Waals surface area contributed by atoms with Crippen LogP contribution in [-0.4, -0.2) is 33.2 Å². The van der Waals surface area contributed by atoms with Crippen molar-refractivity contribution in [1.82, 2.24) is 15.0 Å². The minimum Gasteiger partial charge on any atom is -0.494 e. The molecule has 0 radical (unpaired) electrons. The minimum absolute atomic E-state index is 0.181. The number of aromatic nitrogens is 3. The number of carbonyl (C=O) groups is 1. The zero-order valence-corrected chi connectivity index (χ0v) is 12.5. The van der Waals surface area contributed by atoms with Crippen LogP contribution < -0.4 is 4.74 Å². The Balaban J connectivity index is 2.27. The molecule has 6 nitrogen and oxygen atoms in total. The van der Waals surface area contributed by atoms with Crippen LogP contribution in [0.15, 0.2) is 40.9 Å². The van der Waals surface area contributed by atoms with Crippen molar-refractivity contribution < 1.29 is 14.6 Å². The van der Waals surface area contributed by atoms with Crippen LogP contribution in [-0.2, 0) is 0 Å². The van der Waals surface area contributed by atoms with Gasteiger partial charge in [-0.15, -0.1) is 5.10 Å². The first-order chi connectivity index (χ1) is 10.1. The van der Waals surface area contributed by atoms with Crippen LogP contribution in [0, 0.1) is 0 Å². The molecule has 106 valence electrons. The van der Waals surface area contributed by atoms with Crippen LogP contribution in [0.5, 0.6) is 5.75 Å². The largest absolute Gasteiger partial charge is 0.494 e. The molecule has 3 rings (SSSR count). The molecular formula is C14H10BrN3O3. The molecule has 0 bridgehead atoms. The molecule has 0 aliphatic carbocycles. The number of aromatic carboxylic acids is 1. The molecule has 7 heteroatoms. The van der Waals surface area contributed by atoms with E-state index in [-0.39, 0.29) is 5.56 Å². The second kappa shape index (κ2) is 5.17. The minimum atomic E-state index is -0.995. The highest BCUT2D eigenvalue weighted by Crippen LogP contribution is 2.28. The predicted octanol–water partition coefficient (Wildman–Crippen LogP) is 2.89. The van der Waals surface area contributed by atoms with E-state index in [1.165, 1.54) is 12.1 Å². The highest BCUT2D eigenvalue weighted by molar-refractivity contribution is 9.10. The van der Waals surface area contributed by atoms with Crippen LogP contribution in [0.4, 0.5) is 0 Å². The van der Waals surface area contributed by atoms with Gasteiger partial charge in [0.1, 0.15) is 17.0 Å². The fourth-order valence-corrected chi connectivity index (χ4v) is 2.41. The van der Waals surface area contributed by atoms with Gasteiger partial charge in [-0.3, -0.25) is 0 Å². The van der Waals surface area contributed by atoms with Gasteiger partial charge in [-0.25, -0.2) is 9.48 Å². The molecule has 0 amide bonds. The zero-order valence-electron chi connectivity index (χ0n) is 10.9. The van der Waals surface area contributed by atoms with E-state index in [0.717, 1.165) is 4.47 Å². The molecule has 0 saturated heterocycles. The van der Waals surface area contributed by atoms with Crippen molar-refractivity contribution in [3.05, 3.63) is 46.4 Å². The molecule has 1 heterocycles. The Morgan fingerprint density at radius 3 is 2.81 bits per heavy atom. The first-order valence-corrected chi connectivity index (χ1v) is 6.82. The Hall–Kier alpha value is -2.41. The van der Waals surface area contributed by atoms with Crippen molar-refractivity contribution in [2.45, 2.75) is 0 Å². The van der Waals surface area contributed by atoms with Crippen molar-refractivity contribution in [2.75, 3.05) is 7.11 Å². The van der Waals surface area contributed by atoms with Gasteiger partial charge in [0, 0.05) is 4.47 Å². The molecule has 1 aromatic heterocycles. The Kier molecular flexibility index (Phi) is 3.34. The highest BCUT2D eigenvalue weighted by Gasteiger charge is 2.14. The van der Waals surface area contributed by atoms with Gasteiger partial charge in [0.25, 0.3) is 0 Å². The number of fused-ring (bicyclic) bond motifs is 1. The average molecular weight is 348 g/mol. The van der Waals surface area contributed by atoms with E-state index in [1.54, 1.807) is 23.9 Å². The van der Waals surface area contributed by atoms with Gasteiger partial charge in [-0.1, -0.05) is 21.1 Å². The SMILES string of the molecule is COc1ccc(Br)cc1-n1nnc2ccc(C(=O)O)cc21. The number of halogens is 1. The summed E-state index contributed by atoms with van der Waals surface area (Å²) in [5, 5.41) is 17.2. The van der Waals surface area contributed by atoms with Gasteiger partial charge in [-0.05, 0) is 36.4 Å². The monoisotopic (exact) mass is 347 g/mol. The Morgan fingerprint density at radius 2 is 2.10 bits per heavy atom. The van der Waals surface area contributed by atoms with Crippen molar-refractivity contribution in [3.8, 4) is 11.4 Å². The smallest absolute Gasteiger partial charge is 0.335 e. The summed E-state index contributed by atoms with van der Waals surface area (Å²) in [6.45, 7) is 0. The van der Waals surface area contributed by atoms with Crippen molar-refractivity contribution in [3.63, 3.8) is 0 Å². The molecule has 0 aliphatic rings. The van der Waals surface area contributed by atoms with Gasteiger partial charge < -0.3 is 9.84 Å². The topological polar surface area (TPSA) is 77.2 Å². The summed E-state index contributed by atoms with van der Waals surface area (Å²) >= 11 is 3.40. The van der Waals surface area contributed by atoms with Gasteiger partial charge in [0.2, 0.25) is 0 Å². The normalized spacial score (nSPS) is 10.8. The molecule has 0 spiro atoms. The average Bonchev–Trinajstić information content (AvgIpc) is 2.89. The summed E-state index contributed by atoms with van der Waals surface area (Å²) in [5.74, 6) is -0.378. The fraction of sp³-hybridized carbons (Fsp3) is 0.0714. The van der Waals surface area contributed by atoms with E-state index < -0.39 is 5.97 Å². The van der Waals surface area contributed by atoms with Crippen molar-refractivity contribution in [2.24, 2.45) is 0 Å². The lowest BCUT2D eigenvalue weighted by Crippen LogP contribution is -2.01. The first-order valence-electron chi connectivity index (χ1n) is 6.03. The summed E-state index contributed by atoms with van der Waals surface area (Å²) < 4.78 is 7.74. The Bertz CT molecular complexity index is 845. The summed E-state index contributed by atoms with van der Waals surface area (Å²) in [6.07, 6.45) is 0.